The molecular weight excluding hydrogens is 1680 g/mol. The number of esters is 5. The molecule has 686 valence electrons. The summed E-state index contributed by atoms with van der Waals surface area (Å²) in [6, 6.07) is 45.1. The van der Waals surface area contributed by atoms with Gasteiger partial charge in [-0.25, -0.2) is 0 Å². The van der Waals surface area contributed by atoms with Gasteiger partial charge in [0.15, 0.2) is 16.6 Å². The molecule has 6 aromatic rings. The van der Waals surface area contributed by atoms with E-state index in [4.69, 9.17) is 54.4 Å². The first-order chi connectivity index (χ1) is 58.1. The van der Waals surface area contributed by atoms with Crippen molar-refractivity contribution in [2.75, 3.05) is 19.8 Å². The van der Waals surface area contributed by atoms with E-state index in [9.17, 15) is 48.3 Å². The number of phenolic OH excluding ortho intramolecular Hbond substituents is 1. The monoisotopic (exact) mass is 1820 g/mol. The van der Waals surface area contributed by atoms with Gasteiger partial charge < -0.3 is 70.1 Å². The van der Waals surface area contributed by atoms with Crippen LogP contribution in [-0.2, 0) is 97.1 Å². The number of carbonyl (C=O) groups excluding carboxylic acids is 8. The fourth-order valence-corrected chi connectivity index (χ4v) is 15.6. The van der Waals surface area contributed by atoms with Crippen molar-refractivity contribution in [1.82, 2.24) is 0 Å². The molecule has 12 rings (SSSR count). The average Bonchev–Trinajstić information content (AvgIpc) is 1.80. The Labute approximate surface area is 785 Å². The van der Waals surface area contributed by atoms with Gasteiger partial charge in [-0.2, -0.15) is 0 Å². The summed E-state index contributed by atoms with van der Waals surface area (Å²) >= 11 is 9.70. The number of para-hydroxylation sites is 6. The van der Waals surface area contributed by atoms with Gasteiger partial charge in [-0.15, -0.1) is 0 Å². The quantitative estimate of drug-likeness (QED) is 0.00862. The molecule has 6 fully saturated rings. The van der Waals surface area contributed by atoms with Crippen molar-refractivity contribution >= 4 is 93.3 Å². The third-order valence-corrected chi connectivity index (χ3v) is 34.3. The van der Waals surface area contributed by atoms with Crippen LogP contribution in [0.5, 0.6) is 34.5 Å². The van der Waals surface area contributed by atoms with E-state index in [1.807, 2.05) is 165 Å². The standard InChI is InChI=1S/C21H34O3Si.C17H30O2Si.C15H18O4.C15H18O3S.C15H20O3.C15H18O3.C4H5ClO.Na/c1-20(2,3)25(6,7)23-15-14-21(4,5)17-10-8-9-11-18(17)24-19(22)16-12-13-16;1-16(2,3)20(6,7)19-13-12-17(4,5)14-10-8-9-11-15(14)18;1-15(2,9-13(16)17)11-5-3-4-6-12(11)19-14(18)10-7-8-10;1-15(2,9-13(16)19)11-5-3-4-6-12(11)18-14(17)10-7-8-10;2*1-15(2,9-10-16)12-5-3-4-6-13(12)18-14(17)11-7-8-11;5-4(6)3-1-2-3;/h8-11,16H,12-15H2,1-7H3;8-11,18H,12-13H2,1-7H3;3-6,10H,7-9H2,1-2H3,(H,16,17);3-6,10H,7-9H2,1-2H3,(H,16,19);3-6,11,16H,7-10H2,1-2H3;3-6,10-11H,7-9H2,1-2H3;3H,1-2H2;/q;;;;;;;+1/p-1. The van der Waals surface area contributed by atoms with Gasteiger partial charge >= 0.3 is 65.4 Å². The van der Waals surface area contributed by atoms with Crippen LogP contribution in [0.3, 0.4) is 0 Å². The summed E-state index contributed by atoms with van der Waals surface area (Å²) in [7, 11) is -3.42. The van der Waals surface area contributed by atoms with Crippen molar-refractivity contribution < 1.29 is 121 Å². The number of ether oxygens (including phenoxy) is 5. The molecule has 6 saturated carbocycles. The Bertz CT molecular complexity index is 4510. The molecule has 0 amide bonds. The number of halogens is 1. The minimum Gasteiger partial charge on any atom is -0.742 e. The van der Waals surface area contributed by atoms with Crippen LogP contribution in [0.2, 0.25) is 36.3 Å². The summed E-state index contributed by atoms with van der Waals surface area (Å²) in [5.74, 6) is 2.30. The molecule has 126 heavy (non-hydrogen) atoms. The van der Waals surface area contributed by atoms with Crippen LogP contribution < -0.4 is 53.2 Å². The number of aldehydes is 1. The summed E-state index contributed by atoms with van der Waals surface area (Å²) in [5.41, 5.74) is 3.87. The summed E-state index contributed by atoms with van der Waals surface area (Å²) in [5, 5.41) is 28.1. The van der Waals surface area contributed by atoms with Crippen molar-refractivity contribution in [2.45, 2.75) is 309 Å². The van der Waals surface area contributed by atoms with E-state index in [-0.39, 0.29) is 156 Å². The molecule has 6 aromatic carbocycles. The van der Waals surface area contributed by atoms with E-state index < -0.39 is 33.4 Å². The topological polar surface area (TPSA) is 279 Å². The first-order valence-corrected chi connectivity index (χ1v) is 51.0. The maximum absolute atomic E-state index is 12.1. The van der Waals surface area contributed by atoms with Crippen molar-refractivity contribution in [2.24, 2.45) is 35.5 Å². The van der Waals surface area contributed by atoms with Gasteiger partial charge in [0.05, 0.1) is 36.0 Å². The van der Waals surface area contributed by atoms with Gasteiger partial charge in [0, 0.05) is 70.5 Å². The molecule has 19 nitrogen and oxygen atoms in total. The molecule has 0 saturated heterocycles. The van der Waals surface area contributed by atoms with E-state index in [2.05, 4.69) is 114 Å². The minimum absolute atomic E-state index is 0. The maximum Gasteiger partial charge on any atom is 1.00 e. The number of rotatable bonds is 33. The molecule has 0 atom stereocenters. The molecule has 0 aliphatic heterocycles. The largest absolute Gasteiger partial charge is 1.00 e. The predicted molar refractivity (Wildman–Crippen MR) is 501 cm³/mol. The number of hydrogen-bond donors (Lipinski definition) is 3. The molecule has 0 aromatic heterocycles. The first kappa shape index (κ1) is 109. The molecule has 6 aliphatic rings. The summed E-state index contributed by atoms with van der Waals surface area (Å²) < 4.78 is 40.1. The van der Waals surface area contributed by atoms with Crippen molar-refractivity contribution in [3.05, 3.63) is 179 Å². The predicted octanol–water partition coefficient (Wildman–Crippen LogP) is 20.0. The van der Waals surface area contributed by atoms with Gasteiger partial charge in [0.2, 0.25) is 5.24 Å². The molecule has 0 bridgehead atoms. The number of carboxylic acid groups (broad SMARTS) is 1. The number of aromatic hydroxyl groups is 1. The smallest absolute Gasteiger partial charge is 0.742 e. The third kappa shape index (κ3) is 35.9. The molecule has 6 aliphatic carbocycles. The van der Waals surface area contributed by atoms with Gasteiger partial charge in [-0.05, 0) is 220 Å². The summed E-state index contributed by atoms with van der Waals surface area (Å²) in [4.78, 5) is 102. The van der Waals surface area contributed by atoms with Crippen LogP contribution in [0.25, 0.3) is 0 Å². The number of carboxylic acids is 1. The third-order valence-electron chi connectivity index (χ3n) is 24.7. The second-order valence-electron chi connectivity index (χ2n) is 41.0. The number of aliphatic hydroxyl groups is 1. The zero-order valence-corrected chi connectivity index (χ0v) is 85.0. The number of benzene rings is 6. The normalized spacial score (nSPS) is 15.2. The number of hydrogen-bond acceptors (Lipinski definition) is 19. The van der Waals surface area contributed by atoms with Crippen molar-refractivity contribution in [3.63, 3.8) is 0 Å². The Balaban J connectivity index is 0.000000265. The van der Waals surface area contributed by atoms with Crippen LogP contribution in [0.4, 0.5) is 0 Å². The molecule has 0 unspecified atom stereocenters. The zero-order chi connectivity index (χ0) is 93.5. The van der Waals surface area contributed by atoms with Crippen LogP contribution in [0.1, 0.15) is 274 Å². The Morgan fingerprint density at radius 1 is 0.373 bits per heavy atom. The molecule has 0 spiro atoms. The molecule has 24 heteroatoms. The average molecular weight is 1820 g/mol. The summed E-state index contributed by atoms with van der Waals surface area (Å²) in [6.45, 7) is 48.6. The second kappa shape index (κ2) is 47.6. The van der Waals surface area contributed by atoms with E-state index in [1.165, 1.54) is 0 Å². The van der Waals surface area contributed by atoms with Crippen molar-refractivity contribution in [3.8, 4) is 34.5 Å². The van der Waals surface area contributed by atoms with E-state index >= 15 is 0 Å². The van der Waals surface area contributed by atoms with E-state index in [1.54, 1.807) is 30.3 Å². The van der Waals surface area contributed by atoms with E-state index in [0.29, 0.717) is 47.3 Å². The number of carbonyl (C=O) groups is 9. The number of aliphatic carboxylic acids is 1. The zero-order valence-electron chi connectivity index (χ0n) is 79.4. The number of aliphatic hydroxyl groups excluding tert-OH is 1. The Morgan fingerprint density at radius 3 is 0.841 bits per heavy atom. The fraction of sp³-hybridized carbons (Fsp3) is 0.559. The molecule has 3 N–H and O–H groups in total. The Hall–Kier alpha value is -7.23. The van der Waals surface area contributed by atoms with Crippen LogP contribution in [0.15, 0.2) is 146 Å². The Kier molecular flexibility index (Phi) is 41.2. The van der Waals surface area contributed by atoms with E-state index in [0.717, 1.165) is 143 Å². The van der Waals surface area contributed by atoms with Gasteiger partial charge in [0.1, 0.15) is 40.8 Å². The SMILES string of the molecule is CC(C)(CC(=O)O)c1ccccc1OC(=O)C1CC1.CC(C)(CC(=O)[S-])c1ccccc1OC(=O)C1CC1.CC(C)(CC=O)c1ccccc1OC(=O)C1CC1.CC(C)(CCO)c1ccccc1OC(=O)C1CC1.CC(C)(CCO[Si](C)(C)C(C)(C)C)c1ccccc1O.CC(C)(CCO[Si](C)(C)C(C)(C)C)c1ccccc1OC(=O)C1CC1.O=C(Cl)C1CC1.[Na+]. The van der Waals surface area contributed by atoms with Crippen molar-refractivity contribution in [1.29, 1.82) is 0 Å². The van der Waals surface area contributed by atoms with Gasteiger partial charge in [-0.3, -0.25) is 33.6 Å². The fourth-order valence-electron chi connectivity index (χ4n) is 13.0. The molecular formula is C102H142ClNaO19SSi2. The molecule has 0 radical (unpaired) electrons. The van der Waals surface area contributed by atoms with Gasteiger partial charge in [-0.1, -0.05) is 234 Å². The van der Waals surface area contributed by atoms with Crippen LogP contribution in [-0.4, -0.2) is 104 Å². The maximum atomic E-state index is 12.1. The molecule has 0 heterocycles. The summed E-state index contributed by atoms with van der Waals surface area (Å²) in [6.07, 6.45) is 15.3. The second-order valence-corrected chi connectivity index (χ2v) is 51.5. The first-order valence-electron chi connectivity index (χ1n) is 44.4. The minimum atomic E-state index is -1.74. The number of phenols is 1. The van der Waals surface area contributed by atoms with Gasteiger partial charge in [0.25, 0.3) is 0 Å². The van der Waals surface area contributed by atoms with Crippen LogP contribution >= 0.6 is 11.6 Å². The Morgan fingerprint density at radius 2 is 0.611 bits per heavy atom. The van der Waals surface area contributed by atoms with Crippen LogP contribution in [0, 0.1) is 35.5 Å².